The number of allylic oxidation sites excluding steroid dienone is 3. The highest BCUT2D eigenvalue weighted by Crippen LogP contribution is 2.22. The van der Waals surface area contributed by atoms with Gasteiger partial charge in [-0.15, -0.1) is 0 Å². The van der Waals surface area contributed by atoms with Crippen LogP contribution in [-0.2, 0) is 25.5 Å². The van der Waals surface area contributed by atoms with Gasteiger partial charge in [0, 0.05) is 6.04 Å². The molecule has 40 heavy (non-hydrogen) atoms. The number of nitrogens with zero attached hydrogens (tertiary/aromatic N) is 1. The van der Waals surface area contributed by atoms with Gasteiger partial charge in [0.1, 0.15) is 0 Å². The normalized spacial score (nSPS) is 17.5. The first-order valence-electron chi connectivity index (χ1n) is 14.0. The quantitative estimate of drug-likeness (QED) is 0.189. The number of aliphatic hydroxyl groups excluding tert-OH is 1. The highest BCUT2D eigenvalue weighted by atomic mass is 16.6. The first-order chi connectivity index (χ1) is 19.4. The van der Waals surface area contributed by atoms with Gasteiger partial charge < -0.3 is 19.9 Å². The largest absolute Gasteiger partial charge is 0.466 e. The van der Waals surface area contributed by atoms with Crippen LogP contribution >= 0.6 is 0 Å². The number of aliphatic hydroxyl groups is 1. The smallest absolute Gasteiger partial charge is 0.307 e. The third-order valence-corrected chi connectivity index (χ3v) is 6.95. The van der Waals surface area contributed by atoms with Gasteiger partial charge in [0.15, 0.2) is 6.29 Å². The van der Waals surface area contributed by atoms with Crippen molar-refractivity contribution in [2.24, 2.45) is 0 Å². The van der Waals surface area contributed by atoms with E-state index in [4.69, 9.17) is 9.47 Å². The van der Waals surface area contributed by atoms with Gasteiger partial charge in [-0.1, -0.05) is 85.5 Å². The molecule has 1 aliphatic heterocycles. The summed E-state index contributed by atoms with van der Waals surface area (Å²) in [5.74, 6) is -0.542. The van der Waals surface area contributed by atoms with Crippen molar-refractivity contribution >= 4 is 11.9 Å². The van der Waals surface area contributed by atoms with Crippen molar-refractivity contribution in [3.05, 3.63) is 96.6 Å². The monoisotopic (exact) mass is 546 g/mol. The number of hydrogen-bond acceptors (Lipinski definition) is 6. The predicted molar refractivity (Wildman–Crippen MR) is 158 cm³/mol. The number of carbonyl (C=O) groups excluding carboxylic acids is 2. The van der Waals surface area contributed by atoms with E-state index in [0.29, 0.717) is 13.0 Å². The van der Waals surface area contributed by atoms with Crippen LogP contribution in [0, 0.1) is 0 Å². The number of likely N-dealkylation sites (tertiary alicyclic amines) is 1. The van der Waals surface area contributed by atoms with E-state index in [0.717, 1.165) is 35.1 Å². The maximum Gasteiger partial charge on any atom is 0.307 e. The standard InChI is InChI=1S/C33H42N2O5/c1-4-7-12-25(5-2)24-40-33(38)30-15-11-20-35(30)23-31(36)34-29(22-32(37)39-6-3)21-26-16-18-28(19-17-26)27-13-9-8-10-14-27/h4-5,7-10,12-14,16-19,29-30,33,38H,1,6,11,15,20-24H2,2-3H3,(H,34,36)/b12-7-,25-5+/t29-,30+,33?/m1/s1. The van der Waals surface area contributed by atoms with Crippen LogP contribution < -0.4 is 5.32 Å². The van der Waals surface area contributed by atoms with E-state index in [9.17, 15) is 14.7 Å². The van der Waals surface area contributed by atoms with Gasteiger partial charge in [0.2, 0.25) is 5.91 Å². The fraction of sp³-hybridized carbons (Fsp3) is 0.394. The maximum absolute atomic E-state index is 13.1. The summed E-state index contributed by atoms with van der Waals surface area (Å²) in [5, 5.41) is 13.8. The minimum atomic E-state index is -1.01. The Balaban J connectivity index is 1.60. The van der Waals surface area contributed by atoms with Gasteiger partial charge in [0.25, 0.3) is 0 Å². The molecule has 1 fully saturated rings. The molecule has 2 aromatic rings. The third-order valence-electron chi connectivity index (χ3n) is 6.95. The molecular formula is C33H42N2O5. The second-order valence-corrected chi connectivity index (χ2v) is 9.88. The lowest BCUT2D eigenvalue weighted by Crippen LogP contribution is -2.48. The van der Waals surface area contributed by atoms with E-state index in [1.807, 2.05) is 60.4 Å². The van der Waals surface area contributed by atoms with Crippen molar-refractivity contribution in [1.29, 1.82) is 0 Å². The van der Waals surface area contributed by atoms with Gasteiger partial charge in [-0.05, 0) is 61.9 Å². The van der Waals surface area contributed by atoms with Crippen LogP contribution in [0.5, 0.6) is 0 Å². The van der Waals surface area contributed by atoms with Crippen molar-refractivity contribution < 1.29 is 24.2 Å². The SMILES string of the molecule is C=C/C=C\C(=C/C)COC(O)[C@@H]1CCCN1CC(=O)N[C@@H](CC(=O)OCC)Cc1ccc(-c2ccccc2)cc1. The highest BCUT2D eigenvalue weighted by Gasteiger charge is 2.33. The Kier molecular flexibility index (Phi) is 12.8. The summed E-state index contributed by atoms with van der Waals surface area (Å²) in [6, 6.07) is 17.6. The molecule has 3 atom stereocenters. The lowest BCUT2D eigenvalue weighted by atomic mass is 9.99. The molecule has 214 valence electrons. The van der Waals surface area contributed by atoms with Crippen LogP contribution in [0.1, 0.15) is 38.7 Å². The van der Waals surface area contributed by atoms with Crippen LogP contribution in [0.3, 0.4) is 0 Å². The van der Waals surface area contributed by atoms with Gasteiger partial charge in [-0.25, -0.2) is 0 Å². The van der Waals surface area contributed by atoms with E-state index in [1.165, 1.54) is 0 Å². The second kappa shape index (κ2) is 16.6. The molecule has 1 amide bonds. The first-order valence-corrected chi connectivity index (χ1v) is 14.0. The third kappa shape index (κ3) is 9.90. The molecule has 0 bridgehead atoms. The van der Waals surface area contributed by atoms with Crippen LogP contribution in [-0.4, -0.2) is 66.6 Å². The average molecular weight is 547 g/mol. The van der Waals surface area contributed by atoms with Crippen molar-refractivity contribution in [2.75, 3.05) is 26.3 Å². The van der Waals surface area contributed by atoms with E-state index in [2.05, 4.69) is 36.2 Å². The minimum absolute atomic E-state index is 0.0829. The Bertz CT molecular complexity index is 1140. The molecule has 3 rings (SSSR count). The lowest BCUT2D eigenvalue weighted by molar-refractivity contribution is -0.143. The van der Waals surface area contributed by atoms with Gasteiger partial charge in [0.05, 0.1) is 32.2 Å². The molecule has 0 aromatic heterocycles. The van der Waals surface area contributed by atoms with Crippen molar-refractivity contribution in [3.8, 4) is 11.1 Å². The van der Waals surface area contributed by atoms with E-state index in [1.54, 1.807) is 13.0 Å². The fourth-order valence-corrected chi connectivity index (χ4v) is 4.88. The Hall–Kier alpha value is -3.52. The molecule has 1 saturated heterocycles. The Morgan fingerprint density at radius 2 is 1.88 bits per heavy atom. The zero-order chi connectivity index (χ0) is 28.7. The predicted octanol–water partition coefficient (Wildman–Crippen LogP) is 4.82. The second-order valence-electron chi connectivity index (χ2n) is 9.88. The van der Waals surface area contributed by atoms with Crippen LogP contribution in [0.4, 0.5) is 0 Å². The summed E-state index contributed by atoms with van der Waals surface area (Å²) < 4.78 is 10.9. The number of esters is 1. The van der Waals surface area contributed by atoms with Crippen molar-refractivity contribution in [3.63, 3.8) is 0 Å². The minimum Gasteiger partial charge on any atom is -0.466 e. The summed E-state index contributed by atoms with van der Waals surface area (Å²) in [4.78, 5) is 27.4. The number of rotatable bonds is 15. The molecule has 1 unspecified atom stereocenters. The number of ether oxygens (including phenoxy) is 2. The van der Waals surface area contributed by atoms with Crippen LogP contribution in [0.2, 0.25) is 0 Å². The molecule has 2 aromatic carbocycles. The Morgan fingerprint density at radius 3 is 2.55 bits per heavy atom. The molecule has 2 N–H and O–H groups in total. The van der Waals surface area contributed by atoms with Gasteiger partial charge >= 0.3 is 5.97 Å². The zero-order valence-corrected chi connectivity index (χ0v) is 23.6. The average Bonchev–Trinajstić information content (AvgIpc) is 3.42. The van der Waals surface area contributed by atoms with Crippen LogP contribution in [0.25, 0.3) is 11.1 Å². The number of carbonyl (C=O) groups is 2. The van der Waals surface area contributed by atoms with E-state index >= 15 is 0 Å². The molecule has 7 heteroatoms. The number of nitrogens with one attached hydrogen (secondary N) is 1. The Morgan fingerprint density at radius 1 is 1.15 bits per heavy atom. The van der Waals surface area contributed by atoms with Crippen molar-refractivity contribution in [2.45, 2.75) is 57.9 Å². The highest BCUT2D eigenvalue weighted by molar-refractivity contribution is 5.79. The summed E-state index contributed by atoms with van der Waals surface area (Å²) >= 11 is 0. The molecule has 0 aliphatic carbocycles. The van der Waals surface area contributed by atoms with Gasteiger partial charge in [-0.3, -0.25) is 14.5 Å². The van der Waals surface area contributed by atoms with Crippen molar-refractivity contribution in [1.82, 2.24) is 10.2 Å². The molecule has 0 spiro atoms. The first kappa shape index (κ1) is 31.0. The number of hydrogen-bond donors (Lipinski definition) is 2. The number of amides is 1. The Labute approximate surface area is 238 Å². The van der Waals surface area contributed by atoms with E-state index in [-0.39, 0.29) is 44.1 Å². The fourth-order valence-electron chi connectivity index (χ4n) is 4.88. The van der Waals surface area contributed by atoms with E-state index < -0.39 is 12.3 Å². The van der Waals surface area contributed by atoms with Gasteiger partial charge in [-0.2, -0.15) is 0 Å². The molecule has 0 saturated carbocycles. The lowest BCUT2D eigenvalue weighted by Gasteiger charge is -2.29. The molecule has 1 aliphatic rings. The molecule has 7 nitrogen and oxygen atoms in total. The summed E-state index contributed by atoms with van der Waals surface area (Å²) in [5.41, 5.74) is 4.18. The summed E-state index contributed by atoms with van der Waals surface area (Å²) in [6.07, 6.45) is 8.49. The number of benzene rings is 2. The summed E-state index contributed by atoms with van der Waals surface area (Å²) in [7, 11) is 0. The zero-order valence-electron chi connectivity index (χ0n) is 23.6. The maximum atomic E-state index is 13.1. The summed E-state index contributed by atoms with van der Waals surface area (Å²) in [6.45, 7) is 8.71. The molecule has 1 heterocycles. The molecular weight excluding hydrogens is 504 g/mol. The topological polar surface area (TPSA) is 88.1 Å². The van der Waals surface area contributed by atoms with Crippen LogP contribution in [0.15, 0.2) is 91.1 Å². The molecule has 0 radical (unpaired) electrons.